The molecule has 0 amide bonds. The summed E-state index contributed by atoms with van der Waals surface area (Å²) in [6.45, 7) is 7.70. The number of hydrogen-bond donors (Lipinski definition) is 0. The fourth-order valence-corrected chi connectivity index (χ4v) is 6.32. The molecule has 2 fully saturated rings. The minimum absolute atomic E-state index is 0.0297. The van der Waals surface area contributed by atoms with E-state index in [1.54, 1.807) is 14.2 Å². The maximum Gasteiger partial charge on any atom is 0.153 e. The second kappa shape index (κ2) is 7.74. The third-order valence-corrected chi connectivity index (χ3v) is 7.10. The first-order valence-electron chi connectivity index (χ1n) is 9.23. The van der Waals surface area contributed by atoms with Crippen molar-refractivity contribution in [1.82, 2.24) is 9.80 Å². The van der Waals surface area contributed by atoms with E-state index in [4.69, 9.17) is 9.47 Å². The van der Waals surface area contributed by atoms with Crippen molar-refractivity contribution < 1.29 is 17.9 Å². The van der Waals surface area contributed by atoms with Gasteiger partial charge in [-0.15, -0.1) is 0 Å². The molecular formula is C19H30N2O4S. The molecule has 0 spiro atoms. The Morgan fingerprint density at radius 3 is 2.12 bits per heavy atom. The van der Waals surface area contributed by atoms with E-state index < -0.39 is 9.84 Å². The van der Waals surface area contributed by atoms with E-state index in [0.29, 0.717) is 12.5 Å². The third kappa shape index (κ3) is 4.00. The topological polar surface area (TPSA) is 59.1 Å². The number of fused-ring (bicyclic) bond motifs is 1. The highest BCUT2D eigenvalue weighted by atomic mass is 32.2. The van der Waals surface area contributed by atoms with Crippen LogP contribution in [0.1, 0.15) is 19.4 Å². The fraction of sp³-hybridized carbons (Fsp3) is 0.684. The van der Waals surface area contributed by atoms with Gasteiger partial charge in [-0.25, -0.2) is 8.42 Å². The minimum Gasteiger partial charge on any atom is -0.496 e. The highest BCUT2D eigenvalue weighted by molar-refractivity contribution is 7.91. The monoisotopic (exact) mass is 382 g/mol. The molecule has 26 heavy (non-hydrogen) atoms. The molecule has 2 saturated heterocycles. The Bertz CT molecular complexity index is 713. The van der Waals surface area contributed by atoms with Gasteiger partial charge in [-0.3, -0.25) is 9.80 Å². The molecule has 7 heteroatoms. The summed E-state index contributed by atoms with van der Waals surface area (Å²) < 4.78 is 35.8. The van der Waals surface area contributed by atoms with E-state index in [9.17, 15) is 8.42 Å². The number of sulfone groups is 1. The molecule has 2 atom stereocenters. The van der Waals surface area contributed by atoms with Crippen LogP contribution >= 0.6 is 0 Å². The molecule has 1 aromatic rings. The largest absolute Gasteiger partial charge is 0.496 e. The number of benzene rings is 1. The molecule has 0 aromatic heterocycles. The van der Waals surface area contributed by atoms with E-state index in [0.717, 1.165) is 36.7 Å². The molecule has 0 aliphatic carbocycles. The molecule has 0 radical (unpaired) electrons. The molecule has 0 N–H and O–H groups in total. The van der Waals surface area contributed by atoms with Crippen molar-refractivity contribution in [3.05, 3.63) is 23.8 Å². The maximum absolute atomic E-state index is 12.4. The number of methoxy groups -OCH3 is 2. The molecule has 2 heterocycles. The zero-order chi connectivity index (χ0) is 18.9. The van der Waals surface area contributed by atoms with Gasteiger partial charge < -0.3 is 9.47 Å². The second-order valence-electron chi connectivity index (χ2n) is 7.71. The Balaban J connectivity index is 1.86. The van der Waals surface area contributed by atoms with Crippen molar-refractivity contribution in [2.45, 2.75) is 32.5 Å². The lowest BCUT2D eigenvalue weighted by atomic mass is 10.0. The SMILES string of the molecule is COc1cccc(OC)c1CN1CCN(CC(C)C)[C@H]2CS(=O)(=O)C[C@H]21. The van der Waals surface area contributed by atoms with Crippen LogP contribution in [0.2, 0.25) is 0 Å². The average Bonchev–Trinajstić information content (AvgIpc) is 2.92. The molecule has 1 aromatic carbocycles. The van der Waals surface area contributed by atoms with E-state index in [1.165, 1.54) is 0 Å². The minimum atomic E-state index is -3.00. The van der Waals surface area contributed by atoms with Crippen LogP contribution in [0.3, 0.4) is 0 Å². The molecule has 3 rings (SSSR count). The van der Waals surface area contributed by atoms with Gasteiger partial charge in [0.1, 0.15) is 11.5 Å². The van der Waals surface area contributed by atoms with E-state index >= 15 is 0 Å². The van der Waals surface area contributed by atoms with Crippen molar-refractivity contribution in [3.8, 4) is 11.5 Å². The first-order valence-corrected chi connectivity index (χ1v) is 11.0. The van der Waals surface area contributed by atoms with E-state index in [2.05, 4.69) is 23.6 Å². The van der Waals surface area contributed by atoms with Gasteiger partial charge in [-0.2, -0.15) is 0 Å². The van der Waals surface area contributed by atoms with Gasteiger partial charge in [0.25, 0.3) is 0 Å². The Labute approximate surface area is 157 Å². The van der Waals surface area contributed by atoms with Crippen LogP contribution in [-0.4, -0.2) is 75.7 Å². The van der Waals surface area contributed by atoms with Gasteiger partial charge in [-0.05, 0) is 18.1 Å². The molecule has 146 valence electrons. The summed E-state index contributed by atoms with van der Waals surface area (Å²) in [4.78, 5) is 4.67. The molecule has 6 nitrogen and oxygen atoms in total. The van der Waals surface area contributed by atoms with Crippen LogP contribution in [0, 0.1) is 5.92 Å². The van der Waals surface area contributed by atoms with Crippen LogP contribution in [0.15, 0.2) is 18.2 Å². The molecular weight excluding hydrogens is 352 g/mol. The molecule has 0 bridgehead atoms. The Kier molecular flexibility index (Phi) is 5.79. The van der Waals surface area contributed by atoms with Crippen LogP contribution in [0.4, 0.5) is 0 Å². The standard InChI is InChI=1S/C19H30N2O4S/c1-14(2)10-20-8-9-21(17-13-26(22,23)12-16(17)20)11-15-18(24-3)6-5-7-19(15)25-4/h5-7,14,16-17H,8-13H2,1-4H3/t16-,17+/m0/s1. The number of hydrogen-bond acceptors (Lipinski definition) is 6. The number of piperazine rings is 1. The summed E-state index contributed by atoms with van der Waals surface area (Å²) >= 11 is 0. The van der Waals surface area contributed by atoms with Crippen LogP contribution in [0.25, 0.3) is 0 Å². The van der Waals surface area contributed by atoms with Crippen molar-refractivity contribution >= 4 is 9.84 Å². The summed E-state index contributed by atoms with van der Waals surface area (Å²) in [6, 6.07) is 5.87. The molecule has 2 aliphatic heterocycles. The van der Waals surface area contributed by atoms with E-state index in [-0.39, 0.29) is 23.6 Å². The van der Waals surface area contributed by atoms with Gasteiger partial charge in [0, 0.05) is 38.3 Å². The molecule has 2 aliphatic rings. The zero-order valence-corrected chi connectivity index (χ0v) is 17.0. The predicted molar refractivity (Wildman–Crippen MR) is 103 cm³/mol. The normalized spacial score (nSPS) is 26.0. The lowest BCUT2D eigenvalue weighted by Gasteiger charge is -2.44. The highest BCUT2D eigenvalue weighted by Crippen LogP contribution is 2.34. The highest BCUT2D eigenvalue weighted by Gasteiger charge is 2.46. The fourth-order valence-electron chi connectivity index (χ4n) is 4.28. The van der Waals surface area contributed by atoms with Gasteiger partial charge in [0.05, 0.1) is 31.3 Å². The van der Waals surface area contributed by atoms with Gasteiger partial charge in [0.15, 0.2) is 9.84 Å². The quantitative estimate of drug-likeness (QED) is 0.746. The Hall–Kier alpha value is -1.31. The first-order chi connectivity index (χ1) is 12.3. The number of rotatable bonds is 6. The smallest absolute Gasteiger partial charge is 0.153 e. The second-order valence-corrected chi connectivity index (χ2v) is 9.87. The van der Waals surface area contributed by atoms with Crippen molar-refractivity contribution in [2.75, 3.05) is 45.4 Å². The van der Waals surface area contributed by atoms with Crippen molar-refractivity contribution in [1.29, 1.82) is 0 Å². The number of nitrogens with zero attached hydrogens (tertiary/aromatic N) is 2. The summed E-state index contributed by atoms with van der Waals surface area (Å²) in [5.41, 5.74) is 0.984. The van der Waals surface area contributed by atoms with Crippen molar-refractivity contribution in [2.24, 2.45) is 5.92 Å². The van der Waals surface area contributed by atoms with Gasteiger partial charge in [0.2, 0.25) is 0 Å². The average molecular weight is 383 g/mol. The third-order valence-electron chi connectivity index (χ3n) is 5.40. The van der Waals surface area contributed by atoms with Crippen LogP contribution in [0.5, 0.6) is 11.5 Å². The van der Waals surface area contributed by atoms with Crippen molar-refractivity contribution in [3.63, 3.8) is 0 Å². The Morgan fingerprint density at radius 1 is 1.04 bits per heavy atom. The lowest BCUT2D eigenvalue weighted by Crippen LogP contribution is -2.59. The Morgan fingerprint density at radius 2 is 1.58 bits per heavy atom. The van der Waals surface area contributed by atoms with Crippen LogP contribution < -0.4 is 9.47 Å². The maximum atomic E-state index is 12.4. The summed E-state index contributed by atoms with van der Waals surface area (Å²) in [7, 11) is 0.309. The summed E-state index contributed by atoms with van der Waals surface area (Å²) in [5, 5.41) is 0. The van der Waals surface area contributed by atoms with Crippen LogP contribution in [-0.2, 0) is 16.4 Å². The van der Waals surface area contributed by atoms with Gasteiger partial charge in [-0.1, -0.05) is 19.9 Å². The summed E-state index contributed by atoms with van der Waals surface area (Å²) in [6.07, 6.45) is 0. The number of ether oxygens (including phenoxy) is 2. The van der Waals surface area contributed by atoms with Gasteiger partial charge >= 0.3 is 0 Å². The molecule has 0 saturated carbocycles. The molecule has 0 unspecified atom stereocenters. The first kappa shape index (κ1) is 19.5. The van der Waals surface area contributed by atoms with E-state index in [1.807, 2.05) is 18.2 Å². The zero-order valence-electron chi connectivity index (χ0n) is 16.1. The lowest BCUT2D eigenvalue weighted by molar-refractivity contribution is 0.0329. The predicted octanol–water partition coefficient (Wildman–Crippen LogP) is 1.64. The summed E-state index contributed by atoms with van der Waals surface area (Å²) in [5.74, 6) is 2.60.